The molecule has 0 aliphatic heterocycles. The molecule has 0 aliphatic rings. The molecular formula is C13H17ClS. The summed E-state index contributed by atoms with van der Waals surface area (Å²) >= 11 is 0. The van der Waals surface area contributed by atoms with Gasteiger partial charge in [0.05, 0.1) is 0 Å². The summed E-state index contributed by atoms with van der Waals surface area (Å²) in [4.78, 5) is 0. The van der Waals surface area contributed by atoms with Gasteiger partial charge < -0.3 is 0 Å². The zero-order chi connectivity index (χ0) is 10.9. The third-order valence-corrected chi connectivity index (χ3v) is 3.31. The standard InChI is InChI=1S/C13H17ClS/c1-2-12-7-9-13(10-8-12)6-4-3-5-11-15-14/h2,7-10H,1,3-6,11H2. The number of benzene rings is 1. The number of unbranched alkanes of at least 4 members (excludes halogenated alkanes) is 2. The molecule has 0 nitrogen and oxygen atoms in total. The van der Waals surface area contributed by atoms with E-state index in [1.165, 1.54) is 47.8 Å². The monoisotopic (exact) mass is 240 g/mol. The zero-order valence-electron chi connectivity index (χ0n) is 8.92. The summed E-state index contributed by atoms with van der Waals surface area (Å²) in [6.07, 6.45) is 6.79. The second-order valence-electron chi connectivity index (χ2n) is 3.57. The van der Waals surface area contributed by atoms with Crippen molar-refractivity contribution in [2.75, 3.05) is 5.75 Å². The number of aryl methyl sites for hydroxylation is 1. The first kappa shape index (κ1) is 12.7. The number of hydrogen-bond acceptors (Lipinski definition) is 1. The summed E-state index contributed by atoms with van der Waals surface area (Å²) in [6.45, 7) is 3.74. The van der Waals surface area contributed by atoms with Crippen molar-refractivity contribution in [3.05, 3.63) is 42.0 Å². The Morgan fingerprint density at radius 3 is 2.47 bits per heavy atom. The SMILES string of the molecule is C=Cc1ccc(CCCCCSCl)cc1. The predicted octanol–water partition coefficient (Wildman–Crippen LogP) is 4.93. The van der Waals surface area contributed by atoms with Crippen molar-refractivity contribution < 1.29 is 0 Å². The molecule has 0 radical (unpaired) electrons. The van der Waals surface area contributed by atoms with Gasteiger partial charge in [0.1, 0.15) is 0 Å². The van der Waals surface area contributed by atoms with E-state index in [0.717, 1.165) is 5.75 Å². The maximum absolute atomic E-state index is 5.54. The highest BCUT2D eigenvalue weighted by molar-refractivity contribution is 8.21. The molecular weight excluding hydrogens is 224 g/mol. The molecule has 0 spiro atoms. The molecule has 0 aliphatic carbocycles. The summed E-state index contributed by atoms with van der Waals surface area (Å²) in [7, 11) is 6.95. The van der Waals surface area contributed by atoms with Crippen LogP contribution in [0.4, 0.5) is 0 Å². The number of hydrogen-bond donors (Lipinski definition) is 0. The fourth-order valence-electron chi connectivity index (χ4n) is 1.48. The van der Waals surface area contributed by atoms with Crippen molar-refractivity contribution in [2.24, 2.45) is 0 Å². The van der Waals surface area contributed by atoms with Crippen molar-refractivity contribution in [1.82, 2.24) is 0 Å². The van der Waals surface area contributed by atoms with E-state index < -0.39 is 0 Å². The Labute approximate surface area is 101 Å². The molecule has 1 aromatic carbocycles. The molecule has 0 unspecified atom stereocenters. The van der Waals surface area contributed by atoms with Crippen LogP contribution >= 0.6 is 21.7 Å². The molecule has 1 rings (SSSR count). The van der Waals surface area contributed by atoms with Gasteiger partial charge in [-0.1, -0.05) is 54.3 Å². The molecule has 0 saturated heterocycles. The van der Waals surface area contributed by atoms with Crippen molar-refractivity contribution in [2.45, 2.75) is 25.7 Å². The molecule has 0 heterocycles. The van der Waals surface area contributed by atoms with Crippen LogP contribution in [-0.4, -0.2) is 5.75 Å². The lowest BCUT2D eigenvalue weighted by atomic mass is 10.1. The van der Waals surface area contributed by atoms with E-state index in [-0.39, 0.29) is 0 Å². The Kier molecular flexibility index (Phi) is 6.62. The lowest BCUT2D eigenvalue weighted by Crippen LogP contribution is -1.86. The first-order valence-corrected chi connectivity index (χ1v) is 7.13. The van der Waals surface area contributed by atoms with Crippen molar-refractivity contribution >= 4 is 27.7 Å². The van der Waals surface area contributed by atoms with Crippen LogP contribution in [0.5, 0.6) is 0 Å². The van der Waals surface area contributed by atoms with E-state index in [1.807, 2.05) is 6.08 Å². The zero-order valence-corrected chi connectivity index (χ0v) is 10.5. The Hall–Kier alpha value is -0.400. The van der Waals surface area contributed by atoms with E-state index in [4.69, 9.17) is 10.7 Å². The summed E-state index contributed by atoms with van der Waals surface area (Å²) in [5.41, 5.74) is 2.61. The first-order chi connectivity index (χ1) is 7.36. The fraction of sp³-hybridized carbons (Fsp3) is 0.385. The van der Waals surface area contributed by atoms with Gasteiger partial charge in [-0.2, -0.15) is 0 Å². The maximum Gasteiger partial charge on any atom is 0.00852 e. The molecule has 0 aromatic heterocycles. The van der Waals surface area contributed by atoms with Gasteiger partial charge in [0.2, 0.25) is 0 Å². The van der Waals surface area contributed by atoms with Gasteiger partial charge in [-0.05, 0) is 41.1 Å². The molecule has 0 atom stereocenters. The summed E-state index contributed by atoms with van der Waals surface area (Å²) in [5, 5.41) is 0. The minimum absolute atomic E-state index is 1.07. The summed E-state index contributed by atoms with van der Waals surface area (Å²) in [5.74, 6) is 1.07. The van der Waals surface area contributed by atoms with Crippen LogP contribution in [0.15, 0.2) is 30.8 Å². The van der Waals surface area contributed by atoms with Gasteiger partial charge in [-0.3, -0.25) is 0 Å². The van der Waals surface area contributed by atoms with Crippen LogP contribution < -0.4 is 0 Å². The summed E-state index contributed by atoms with van der Waals surface area (Å²) < 4.78 is 0. The molecule has 0 N–H and O–H groups in total. The van der Waals surface area contributed by atoms with Crippen molar-refractivity contribution in [3.63, 3.8) is 0 Å². The van der Waals surface area contributed by atoms with Crippen LogP contribution in [0.25, 0.3) is 6.08 Å². The van der Waals surface area contributed by atoms with E-state index in [9.17, 15) is 0 Å². The van der Waals surface area contributed by atoms with Gasteiger partial charge >= 0.3 is 0 Å². The highest BCUT2D eigenvalue weighted by atomic mass is 35.7. The molecule has 0 saturated carbocycles. The average molecular weight is 241 g/mol. The van der Waals surface area contributed by atoms with Crippen molar-refractivity contribution in [3.8, 4) is 0 Å². The van der Waals surface area contributed by atoms with Crippen LogP contribution in [0.1, 0.15) is 30.4 Å². The molecule has 2 heteroatoms. The molecule has 82 valence electrons. The fourth-order valence-corrected chi connectivity index (χ4v) is 2.12. The van der Waals surface area contributed by atoms with Crippen molar-refractivity contribution in [1.29, 1.82) is 0 Å². The highest BCUT2D eigenvalue weighted by Crippen LogP contribution is 2.12. The third-order valence-electron chi connectivity index (χ3n) is 2.40. The van der Waals surface area contributed by atoms with Crippen LogP contribution in [0.3, 0.4) is 0 Å². The normalized spacial score (nSPS) is 10.2. The molecule has 0 amide bonds. The largest absolute Gasteiger partial charge is 0.0985 e. The molecule has 15 heavy (non-hydrogen) atoms. The Morgan fingerprint density at radius 1 is 1.13 bits per heavy atom. The lowest BCUT2D eigenvalue weighted by Gasteiger charge is -2.01. The van der Waals surface area contributed by atoms with Gasteiger partial charge in [-0.15, -0.1) is 0 Å². The molecule has 0 bridgehead atoms. The topological polar surface area (TPSA) is 0 Å². The lowest BCUT2D eigenvalue weighted by molar-refractivity contribution is 0.723. The highest BCUT2D eigenvalue weighted by Gasteiger charge is 1.94. The van der Waals surface area contributed by atoms with E-state index in [0.29, 0.717) is 0 Å². The molecule has 1 aromatic rings. The second-order valence-corrected chi connectivity index (χ2v) is 4.85. The number of halogens is 1. The predicted molar refractivity (Wildman–Crippen MR) is 72.4 cm³/mol. The number of rotatable bonds is 7. The van der Waals surface area contributed by atoms with Gasteiger partial charge in [0.15, 0.2) is 0 Å². The summed E-state index contributed by atoms with van der Waals surface area (Å²) in [6, 6.07) is 8.62. The smallest absolute Gasteiger partial charge is 0.00852 e. The second kappa shape index (κ2) is 7.84. The Bertz CT molecular complexity index is 279. The van der Waals surface area contributed by atoms with Gasteiger partial charge in [0.25, 0.3) is 0 Å². The van der Waals surface area contributed by atoms with Gasteiger partial charge in [-0.25, -0.2) is 0 Å². The van der Waals surface area contributed by atoms with E-state index in [1.54, 1.807) is 0 Å². The minimum Gasteiger partial charge on any atom is -0.0985 e. The minimum atomic E-state index is 1.07. The maximum atomic E-state index is 5.54. The Morgan fingerprint density at radius 2 is 1.87 bits per heavy atom. The molecule has 0 fully saturated rings. The average Bonchev–Trinajstić information content (AvgIpc) is 2.30. The Balaban J connectivity index is 2.22. The first-order valence-electron chi connectivity index (χ1n) is 5.31. The van der Waals surface area contributed by atoms with Crippen LogP contribution in [0.2, 0.25) is 0 Å². The third kappa shape index (κ3) is 5.29. The van der Waals surface area contributed by atoms with Crippen LogP contribution in [0, 0.1) is 0 Å². The van der Waals surface area contributed by atoms with Gasteiger partial charge in [0, 0.05) is 5.75 Å². The van der Waals surface area contributed by atoms with E-state index >= 15 is 0 Å². The van der Waals surface area contributed by atoms with E-state index in [2.05, 4.69) is 30.8 Å². The quantitative estimate of drug-likeness (QED) is 0.609. The van der Waals surface area contributed by atoms with Crippen LogP contribution in [-0.2, 0) is 6.42 Å².